The molecule has 0 heterocycles. The summed E-state index contributed by atoms with van der Waals surface area (Å²) in [5.74, 6) is 0.398. The minimum absolute atomic E-state index is 0.0955. The molecule has 0 aliphatic carbocycles. The van der Waals surface area contributed by atoms with Crippen LogP contribution in [0.1, 0.15) is 31.9 Å². The van der Waals surface area contributed by atoms with Gasteiger partial charge < -0.3 is 5.32 Å². The zero-order valence-electron chi connectivity index (χ0n) is 9.35. The fourth-order valence-electron chi connectivity index (χ4n) is 1.66. The molecule has 0 spiro atoms. The molecule has 1 rings (SSSR count). The van der Waals surface area contributed by atoms with Crippen LogP contribution in [0.15, 0.2) is 22.7 Å². The first-order valence-corrected chi connectivity index (χ1v) is 5.96. The van der Waals surface area contributed by atoms with Crippen molar-refractivity contribution in [1.29, 1.82) is 0 Å². The third-order valence-electron chi connectivity index (χ3n) is 2.39. The maximum absolute atomic E-state index is 13.7. The maximum atomic E-state index is 13.7. The first-order chi connectivity index (χ1) is 7.04. The highest BCUT2D eigenvalue weighted by Gasteiger charge is 2.15. The van der Waals surface area contributed by atoms with Crippen LogP contribution in [0, 0.1) is 11.7 Å². The molecule has 0 saturated carbocycles. The Morgan fingerprint density at radius 3 is 2.53 bits per heavy atom. The van der Waals surface area contributed by atoms with Crippen molar-refractivity contribution in [2.75, 3.05) is 7.05 Å². The second-order valence-corrected chi connectivity index (χ2v) is 5.05. The SMILES string of the molecule is CNC(CC(C)C)c1ccc(Br)cc1F. The van der Waals surface area contributed by atoms with Crippen molar-refractivity contribution in [2.24, 2.45) is 5.92 Å². The van der Waals surface area contributed by atoms with Crippen molar-refractivity contribution in [1.82, 2.24) is 5.32 Å². The monoisotopic (exact) mass is 273 g/mol. The summed E-state index contributed by atoms with van der Waals surface area (Å²) < 4.78 is 14.4. The van der Waals surface area contributed by atoms with E-state index in [1.165, 1.54) is 6.07 Å². The van der Waals surface area contributed by atoms with E-state index in [4.69, 9.17) is 0 Å². The van der Waals surface area contributed by atoms with Gasteiger partial charge in [0, 0.05) is 16.1 Å². The van der Waals surface area contributed by atoms with Gasteiger partial charge in [-0.2, -0.15) is 0 Å². The Balaban J connectivity index is 2.91. The largest absolute Gasteiger partial charge is 0.313 e. The quantitative estimate of drug-likeness (QED) is 0.878. The number of hydrogen-bond acceptors (Lipinski definition) is 1. The zero-order valence-corrected chi connectivity index (χ0v) is 10.9. The smallest absolute Gasteiger partial charge is 0.129 e. The normalized spacial score (nSPS) is 13.2. The summed E-state index contributed by atoms with van der Waals surface area (Å²) in [5, 5.41) is 3.15. The summed E-state index contributed by atoms with van der Waals surface area (Å²) in [4.78, 5) is 0. The van der Waals surface area contributed by atoms with Gasteiger partial charge in [0.05, 0.1) is 0 Å². The van der Waals surface area contributed by atoms with Crippen LogP contribution in [0.2, 0.25) is 0 Å². The third-order valence-corrected chi connectivity index (χ3v) is 2.89. The van der Waals surface area contributed by atoms with Gasteiger partial charge in [-0.25, -0.2) is 4.39 Å². The lowest BCUT2D eigenvalue weighted by Gasteiger charge is -2.19. The zero-order chi connectivity index (χ0) is 11.4. The highest BCUT2D eigenvalue weighted by atomic mass is 79.9. The molecule has 0 aliphatic rings. The Kier molecular flexibility index (Phi) is 4.74. The van der Waals surface area contributed by atoms with Crippen molar-refractivity contribution in [3.8, 4) is 0 Å². The van der Waals surface area contributed by atoms with Gasteiger partial charge in [-0.1, -0.05) is 35.8 Å². The van der Waals surface area contributed by atoms with E-state index in [9.17, 15) is 4.39 Å². The molecule has 0 fully saturated rings. The van der Waals surface area contributed by atoms with E-state index in [0.29, 0.717) is 5.92 Å². The molecular weight excluding hydrogens is 257 g/mol. The van der Waals surface area contributed by atoms with E-state index in [0.717, 1.165) is 16.5 Å². The molecule has 1 unspecified atom stereocenters. The van der Waals surface area contributed by atoms with Gasteiger partial charge in [0.25, 0.3) is 0 Å². The molecule has 0 aromatic heterocycles. The van der Waals surface area contributed by atoms with Gasteiger partial charge >= 0.3 is 0 Å². The average Bonchev–Trinajstić information content (AvgIpc) is 2.14. The Morgan fingerprint density at radius 2 is 2.07 bits per heavy atom. The molecule has 3 heteroatoms. The number of halogens is 2. The predicted molar refractivity (Wildman–Crippen MR) is 65.4 cm³/mol. The van der Waals surface area contributed by atoms with E-state index in [1.54, 1.807) is 0 Å². The second-order valence-electron chi connectivity index (χ2n) is 4.14. The summed E-state index contributed by atoms with van der Waals surface area (Å²) in [5.41, 5.74) is 0.745. The molecule has 0 aliphatic heterocycles. The average molecular weight is 274 g/mol. The Hall–Kier alpha value is -0.410. The highest BCUT2D eigenvalue weighted by Crippen LogP contribution is 2.25. The Morgan fingerprint density at radius 1 is 1.40 bits per heavy atom. The van der Waals surface area contributed by atoms with E-state index in [1.807, 2.05) is 19.2 Å². The van der Waals surface area contributed by atoms with Crippen molar-refractivity contribution in [2.45, 2.75) is 26.3 Å². The molecule has 0 bridgehead atoms. The lowest BCUT2D eigenvalue weighted by Crippen LogP contribution is -2.19. The molecule has 0 amide bonds. The van der Waals surface area contributed by atoms with Gasteiger partial charge in [-0.15, -0.1) is 0 Å². The lowest BCUT2D eigenvalue weighted by atomic mass is 9.97. The summed E-state index contributed by atoms with van der Waals surface area (Å²) in [6, 6.07) is 5.32. The molecule has 0 radical (unpaired) electrons. The first kappa shape index (κ1) is 12.7. The predicted octanol–water partition coefficient (Wildman–Crippen LogP) is 3.89. The second kappa shape index (κ2) is 5.61. The van der Waals surface area contributed by atoms with Crippen LogP contribution < -0.4 is 5.32 Å². The van der Waals surface area contributed by atoms with Crippen molar-refractivity contribution >= 4 is 15.9 Å². The first-order valence-electron chi connectivity index (χ1n) is 5.16. The van der Waals surface area contributed by atoms with Gasteiger partial charge in [0.1, 0.15) is 5.82 Å². The number of benzene rings is 1. The minimum atomic E-state index is -0.149. The molecule has 1 atom stereocenters. The van der Waals surface area contributed by atoms with Crippen molar-refractivity contribution in [3.63, 3.8) is 0 Å². The molecular formula is C12H17BrFN. The number of rotatable bonds is 4. The van der Waals surface area contributed by atoms with Crippen LogP contribution in [-0.2, 0) is 0 Å². The topological polar surface area (TPSA) is 12.0 Å². The van der Waals surface area contributed by atoms with E-state index < -0.39 is 0 Å². The van der Waals surface area contributed by atoms with Crippen LogP contribution in [0.3, 0.4) is 0 Å². The summed E-state index contributed by atoms with van der Waals surface area (Å²) in [6.45, 7) is 4.28. The Labute approximate surface area is 99.2 Å². The maximum Gasteiger partial charge on any atom is 0.129 e. The fraction of sp³-hybridized carbons (Fsp3) is 0.500. The molecule has 1 nitrogen and oxygen atoms in total. The van der Waals surface area contributed by atoms with Crippen LogP contribution in [-0.4, -0.2) is 7.05 Å². The molecule has 1 aromatic rings. The van der Waals surface area contributed by atoms with Crippen molar-refractivity contribution in [3.05, 3.63) is 34.1 Å². The number of nitrogens with one attached hydrogen (secondary N) is 1. The lowest BCUT2D eigenvalue weighted by molar-refractivity contribution is 0.440. The van der Waals surface area contributed by atoms with Crippen molar-refractivity contribution < 1.29 is 4.39 Å². The summed E-state index contributed by atoms with van der Waals surface area (Å²) in [7, 11) is 1.87. The van der Waals surface area contributed by atoms with Crippen LogP contribution in [0.5, 0.6) is 0 Å². The molecule has 15 heavy (non-hydrogen) atoms. The standard InChI is InChI=1S/C12H17BrFN/c1-8(2)6-12(15-3)10-5-4-9(13)7-11(10)14/h4-5,7-8,12,15H,6H2,1-3H3. The summed E-state index contributed by atoms with van der Waals surface area (Å²) >= 11 is 3.26. The van der Waals surface area contributed by atoms with Crippen LogP contribution in [0.4, 0.5) is 4.39 Å². The van der Waals surface area contributed by atoms with Gasteiger partial charge in [-0.3, -0.25) is 0 Å². The molecule has 84 valence electrons. The molecule has 0 saturated heterocycles. The van der Waals surface area contributed by atoms with E-state index in [2.05, 4.69) is 35.1 Å². The fourth-order valence-corrected chi connectivity index (χ4v) is 1.99. The highest BCUT2D eigenvalue weighted by molar-refractivity contribution is 9.10. The van der Waals surface area contributed by atoms with E-state index >= 15 is 0 Å². The van der Waals surface area contributed by atoms with Gasteiger partial charge in [0.2, 0.25) is 0 Å². The third kappa shape index (κ3) is 3.58. The van der Waals surface area contributed by atoms with Gasteiger partial charge in [0.15, 0.2) is 0 Å². The molecule has 1 aromatic carbocycles. The summed E-state index contributed by atoms with van der Waals surface area (Å²) in [6.07, 6.45) is 0.940. The van der Waals surface area contributed by atoms with Crippen LogP contribution in [0.25, 0.3) is 0 Å². The number of hydrogen-bond donors (Lipinski definition) is 1. The molecule has 1 N–H and O–H groups in total. The minimum Gasteiger partial charge on any atom is -0.313 e. The van der Waals surface area contributed by atoms with E-state index in [-0.39, 0.29) is 11.9 Å². The van der Waals surface area contributed by atoms with Gasteiger partial charge in [-0.05, 0) is 31.5 Å². The van der Waals surface area contributed by atoms with Crippen LogP contribution >= 0.6 is 15.9 Å². The Bertz CT molecular complexity index is 325.